The minimum Gasteiger partial charge on any atom is -0.477 e. The number of halogens is 1. The van der Waals surface area contributed by atoms with E-state index in [2.05, 4.69) is 20.4 Å². The van der Waals surface area contributed by atoms with Crippen LogP contribution in [0.25, 0.3) is 0 Å². The van der Waals surface area contributed by atoms with Crippen LogP contribution in [0, 0.1) is 0 Å². The molecule has 0 saturated carbocycles. The first-order valence-corrected chi connectivity index (χ1v) is 14.0. The molecule has 3 atom stereocenters. The van der Waals surface area contributed by atoms with Gasteiger partial charge in [-0.1, -0.05) is 39.9 Å². The molecule has 12 nitrogen and oxygen atoms in total. The number of carbonyl (C=O) groups excluding carboxylic acids is 2. The minimum absolute atomic E-state index is 0.0405. The number of oxime groups is 1. The zero-order valence-electron chi connectivity index (χ0n) is 18.2. The molecular weight excluding hydrogens is 570 g/mol. The molecule has 2 aliphatic rings. The summed E-state index contributed by atoms with van der Waals surface area (Å²) in [5, 5.41) is 23.9. The SMILES string of the molecule is C[C@H](N)Sc1ccncc1SC1=C(C(=O)O)N2C(=O)[C@@H](NC(=O)/C(=N\O)c3nc(N)sc3Cl)[C@H]2SC1. The zero-order valence-corrected chi connectivity index (χ0v) is 22.3. The Hall–Kier alpha value is -2.50. The Morgan fingerprint density at radius 1 is 1.42 bits per heavy atom. The Bertz CT molecular complexity index is 1300. The lowest BCUT2D eigenvalue weighted by molar-refractivity contribution is -0.150. The van der Waals surface area contributed by atoms with Crippen molar-refractivity contribution in [1.29, 1.82) is 0 Å². The number of nitrogens with two attached hydrogens (primary N) is 2. The third kappa shape index (κ3) is 5.14. The lowest BCUT2D eigenvalue weighted by atomic mass is 10.0. The van der Waals surface area contributed by atoms with Crippen molar-refractivity contribution in [3.8, 4) is 0 Å². The highest BCUT2D eigenvalue weighted by atomic mass is 35.5. The van der Waals surface area contributed by atoms with Crippen LogP contribution in [0.1, 0.15) is 12.6 Å². The van der Waals surface area contributed by atoms with Gasteiger partial charge in [0, 0.05) is 32.8 Å². The molecule has 0 aromatic carbocycles. The third-order valence-electron chi connectivity index (χ3n) is 4.86. The van der Waals surface area contributed by atoms with Gasteiger partial charge in [0.25, 0.3) is 11.8 Å². The quantitative estimate of drug-likeness (QED) is 0.0751. The molecule has 36 heavy (non-hydrogen) atoms. The van der Waals surface area contributed by atoms with E-state index in [1.807, 2.05) is 6.92 Å². The molecular formula is C19H18ClN7O5S4. The van der Waals surface area contributed by atoms with E-state index in [4.69, 9.17) is 23.1 Å². The van der Waals surface area contributed by atoms with Gasteiger partial charge in [-0.2, -0.15) is 0 Å². The average Bonchev–Trinajstić information content (AvgIpc) is 3.15. The summed E-state index contributed by atoms with van der Waals surface area (Å²) < 4.78 is 0.0405. The van der Waals surface area contributed by atoms with Crippen LogP contribution >= 0.6 is 58.2 Å². The number of β-lactam (4-membered cyclic amide) rings is 1. The van der Waals surface area contributed by atoms with Gasteiger partial charge in [0.2, 0.25) is 0 Å². The molecule has 7 N–H and O–H groups in total. The standard InChI is InChI=1S/C19H18ClN7O5S4/c1-6(21)34-7-2-3-23-4-8(7)35-9-5-33-17-12(16(29)27(17)13(9)18(30)31)24-15(28)11(26-32)10-14(20)36-19(22)25-10/h2-4,6,12,17,32H,5,21H2,1H3,(H2,22,25)(H,24,28)(H,30,31)/b26-11-/t6-,12-,17-/m1/s1. The number of pyridine rings is 1. The van der Waals surface area contributed by atoms with Gasteiger partial charge in [-0.3, -0.25) is 19.5 Å². The van der Waals surface area contributed by atoms with E-state index in [0.29, 0.717) is 9.80 Å². The van der Waals surface area contributed by atoms with Crippen molar-refractivity contribution in [3.05, 3.63) is 39.1 Å². The first-order chi connectivity index (χ1) is 17.1. The van der Waals surface area contributed by atoms with Crippen molar-refractivity contribution in [2.45, 2.75) is 33.5 Å². The number of nitrogens with one attached hydrogen (secondary N) is 1. The molecule has 17 heteroatoms. The van der Waals surface area contributed by atoms with Crippen molar-refractivity contribution in [2.75, 3.05) is 11.5 Å². The second-order valence-electron chi connectivity index (χ2n) is 7.31. The number of carboxylic acid groups (broad SMARTS) is 1. The number of carboxylic acids is 1. The number of fused-ring (bicyclic) bond motifs is 1. The van der Waals surface area contributed by atoms with Crippen molar-refractivity contribution < 1.29 is 24.7 Å². The first-order valence-electron chi connectivity index (χ1n) is 10.0. The number of thiazole rings is 1. The van der Waals surface area contributed by atoms with E-state index in [0.717, 1.165) is 21.1 Å². The average molecular weight is 588 g/mol. The number of anilines is 1. The smallest absolute Gasteiger partial charge is 0.353 e. The third-order valence-corrected chi connectivity index (χ3v) is 9.64. The Kier molecular flexibility index (Phi) is 8.01. The molecule has 2 aromatic heterocycles. The van der Waals surface area contributed by atoms with Crippen molar-refractivity contribution in [3.63, 3.8) is 0 Å². The van der Waals surface area contributed by atoms with E-state index >= 15 is 0 Å². The predicted octanol–water partition coefficient (Wildman–Crippen LogP) is 1.84. The van der Waals surface area contributed by atoms with Gasteiger partial charge < -0.3 is 27.1 Å². The molecule has 1 fully saturated rings. The summed E-state index contributed by atoms with van der Waals surface area (Å²) in [6.45, 7) is 1.83. The Morgan fingerprint density at radius 2 is 2.17 bits per heavy atom. The van der Waals surface area contributed by atoms with Crippen LogP contribution in [0.2, 0.25) is 4.34 Å². The van der Waals surface area contributed by atoms with Crippen LogP contribution in [-0.4, -0.2) is 71.2 Å². The molecule has 2 amide bonds. The highest BCUT2D eigenvalue weighted by Gasteiger charge is 2.54. The summed E-state index contributed by atoms with van der Waals surface area (Å²) in [4.78, 5) is 49.0. The van der Waals surface area contributed by atoms with Gasteiger partial charge in [0.1, 0.15) is 27.1 Å². The zero-order chi connectivity index (χ0) is 26.1. The second-order valence-corrected chi connectivity index (χ2v) is 12.6. The Labute approximate surface area is 225 Å². The molecule has 0 bridgehead atoms. The molecule has 0 radical (unpaired) electrons. The number of hydrogen-bond acceptors (Lipinski definition) is 13. The molecule has 2 aromatic rings. The van der Waals surface area contributed by atoms with Gasteiger partial charge in [-0.25, -0.2) is 9.78 Å². The number of aliphatic carboxylic acids is 1. The molecule has 1 saturated heterocycles. The summed E-state index contributed by atoms with van der Waals surface area (Å²) in [5.41, 5.74) is 10.7. The van der Waals surface area contributed by atoms with Gasteiger partial charge in [-0.05, 0) is 13.0 Å². The number of amides is 2. The predicted molar refractivity (Wildman–Crippen MR) is 139 cm³/mol. The van der Waals surface area contributed by atoms with Crippen molar-refractivity contribution in [2.24, 2.45) is 10.9 Å². The van der Waals surface area contributed by atoms with Crippen LogP contribution in [0.3, 0.4) is 0 Å². The molecule has 190 valence electrons. The maximum Gasteiger partial charge on any atom is 0.353 e. The maximum absolute atomic E-state index is 13.0. The molecule has 4 heterocycles. The largest absolute Gasteiger partial charge is 0.477 e. The number of aromatic nitrogens is 2. The van der Waals surface area contributed by atoms with Gasteiger partial charge in [0.05, 0.1) is 5.37 Å². The number of hydrogen-bond donors (Lipinski definition) is 5. The van der Waals surface area contributed by atoms with E-state index in [1.54, 1.807) is 18.5 Å². The fourth-order valence-corrected chi connectivity index (χ4v) is 7.79. The fraction of sp³-hybridized carbons (Fsp3) is 0.263. The summed E-state index contributed by atoms with van der Waals surface area (Å²) in [6, 6.07) is 0.747. The van der Waals surface area contributed by atoms with Crippen LogP contribution in [0.15, 0.2) is 44.0 Å². The monoisotopic (exact) mass is 587 g/mol. The van der Waals surface area contributed by atoms with E-state index < -0.39 is 34.9 Å². The molecule has 4 rings (SSSR count). The van der Waals surface area contributed by atoms with Crippen LogP contribution in [0.4, 0.5) is 5.13 Å². The molecule has 0 spiro atoms. The van der Waals surface area contributed by atoms with E-state index in [1.165, 1.54) is 35.3 Å². The minimum atomic E-state index is -1.27. The number of nitrogen functional groups attached to an aromatic ring is 1. The topological polar surface area (TPSA) is 197 Å². The lowest BCUT2D eigenvalue weighted by Crippen LogP contribution is -2.71. The number of thioether (sulfide) groups is 3. The van der Waals surface area contributed by atoms with E-state index in [-0.39, 0.29) is 32.0 Å². The van der Waals surface area contributed by atoms with Crippen molar-refractivity contribution in [1.82, 2.24) is 20.2 Å². The number of rotatable bonds is 8. The molecule has 0 aliphatic carbocycles. The Balaban J connectivity index is 1.55. The fourth-order valence-electron chi connectivity index (χ4n) is 3.42. The van der Waals surface area contributed by atoms with Crippen LogP contribution in [-0.2, 0) is 14.4 Å². The Morgan fingerprint density at radius 3 is 2.78 bits per heavy atom. The van der Waals surface area contributed by atoms with E-state index in [9.17, 15) is 24.7 Å². The number of carbonyl (C=O) groups is 3. The summed E-state index contributed by atoms with van der Waals surface area (Å²) in [6.07, 6.45) is 3.24. The molecule has 2 aliphatic heterocycles. The summed E-state index contributed by atoms with van der Waals surface area (Å²) in [5.74, 6) is -2.51. The summed E-state index contributed by atoms with van der Waals surface area (Å²) >= 11 is 10.8. The van der Waals surface area contributed by atoms with Crippen LogP contribution in [0.5, 0.6) is 0 Å². The van der Waals surface area contributed by atoms with Gasteiger partial charge in [-0.15, -0.1) is 23.5 Å². The normalized spacial score (nSPS) is 20.6. The lowest BCUT2D eigenvalue weighted by Gasteiger charge is -2.49. The maximum atomic E-state index is 13.0. The van der Waals surface area contributed by atoms with Gasteiger partial charge in [0.15, 0.2) is 10.8 Å². The second kappa shape index (κ2) is 10.9. The highest BCUT2D eigenvalue weighted by molar-refractivity contribution is 8.07. The molecule has 0 unspecified atom stereocenters. The van der Waals surface area contributed by atoms with Crippen LogP contribution < -0.4 is 16.8 Å². The highest BCUT2D eigenvalue weighted by Crippen LogP contribution is 2.46. The van der Waals surface area contributed by atoms with Crippen molar-refractivity contribution >= 4 is 86.9 Å². The van der Waals surface area contributed by atoms with Gasteiger partial charge >= 0.3 is 5.97 Å². The first kappa shape index (κ1) is 26.6. The summed E-state index contributed by atoms with van der Waals surface area (Å²) in [7, 11) is 0. The number of nitrogens with zero attached hydrogens (tertiary/aromatic N) is 4.